The molecule has 8 nitrogen and oxygen atoms in total. The van der Waals surface area contributed by atoms with E-state index in [9.17, 15) is 19.4 Å². The number of hydrogen-bond acceptors (Lipinski definition) is 6. The first-order valence-electron chi connectivity index (χ1n) is 20.5. The lowest BCUT2D eigenvalue weighted by atomic mass is 10.1. The van der Waals surface area contributed by atoms with Crippen LogP contribution in [0, 0.1) is 0 Å². The Morgan fingerprint density at radius 3 is 1.63 bits per heavy atom. The van der Waals surface area contributed by atoms with Crippen LogP contribution >= 0.6 is 7.82 Å². The summed E-state index contributed by atoms with van der Waals surface area (Å²) in [4.78, 5) is 25.2. The Labute approximate surface area is 314 Å². The second kappa shape index (κ2) is 34.2. The predicted octanol–water partition coefficient (Wildman–Crippen LogP) is 10.3. The first kappa shape index (κ1) is 49.5. The lowest BCUT2D eigenvalue weighted by Gasteiger charge is -2.29. The zero-order valence-electron chi connectivity index (χ0n) is 33.5. The molecule has 0 spiro atoms. The fourth-order valence-corrected chi connectivity index (χ4v) is 6.13. The van der Waals surface area contributed by atoms with E-state index in [0.29, 0.717) is 17.4 Å². The molecule has 0 radical (unpaired) electrons. The lowest BCUT2D eigenvalue weighted by Crippen LogP contribution is -2.45. The van der Waals surface area contributed by atoms with Crippen LogP contribution < -0.4 is 10.2 Å². The van der Waals surface area contributed by atoms with E-state index in [1.54, 1.807) is 6.08 Å². The minimum Gasteiger partial charge on any atom is -0.756 e. The number of allylic oxidation sites excluding steroid dienone is 7. The lowest BCUT2D eigenvalue weighted by molar-refractivity contribution is -0.870. The minimum atomic E-state index is -4.60. The van der Waals surface area contributed by atoms with Gasteiger partial charge in [0.05, 0.1) is 39.9 Å². The third kappa shape index (κ3) is 36.6. The van der Waals surface area contributed by atoms with Gasteiger partial charge in [-0.1, -0.05) is 133 Å². The maximum atomic E-state index is 12.8. The summed E-state index contributed by atoms with van der Waals surface area (Å²) in [5.74, 6) is -0.224. The van der Waals surface area contributed by atoms with Gasteiger partial charge in [-0.3, -0.25) is 9.36 Å². The largest absolute Gasteiger partial charge is 0.756 e. The number of likely N-dealkylation sites (N-methyl/N-ethyl adjacent to an activating group) is 1. The predicted molar refractivity (Wildman–Crippen MR) is 214 cm³/mol. The molecule has 9 heteroatoms. The molecular weight excluding hydrogens is 659 g/mol. The number of nitrogens with one attached hydrogen (secondary N) is 1. The van der Waals surface area contributed by atoms with Gasteiger partial charge in [0.25, 0.3) is 7.82 Å². The number of carbonyl (C=O) groups excluding carboxylic acids is 1. The number of phosphoric ester groups is 1. The van der Waals surface area contributed by atoms with Gasteiger partial charge in [-0.05, 0) is 70.6 Å². The zero-order chi connectivity index (χ0) is 37.9. The number of hydrogen-bond donors (Lipinski definition) is 2. The van der Waals surface area contributed by atoms with Crippen LogP contribution in [-0.4, -0.2) is 68.5 Å². The van der Waals surface area contributed by atoms with Gasteiger partial charge in [0.2, 0.25) is 5.91 Å². The topological polar surface area (TPSA) is 108 Å². The molecule has 0 fully saturated rings. The smallest absolute Gasteiger partial charge is 0.268 e. The number of carbonyl (C=O) groups is 1. The number of aliphatic hydroxyl groups is 1. The van der Waals surface area contributed by atoms with Crippen LogP contribution in [0.4, 0.5) is 0 Å². The van der Waals surface area contributed by atoms with Gasteiger partial charge < -0.3 is 28.8 Å². The summed E-state index contributed by atoms with van der Waals surface area (Å²) in [5, 5.41) is 13.7. The zero-order valence-corrected chi connectivity index (χ0v) is 34.4. The molecule has 0 aliphatic carbocycles. The highest BCUT2D eigenvalue weighted by atomic mass is 31.2. The van der Waals surface area contributed by atoms with E-state index in [2.05, 4.69) is 55.6 Å². The highest BCUT2D eigenvalue weighted by Gasteiger charge is 2.23. The molecule has 0 rings (SSSR count). The summed E-state index contributed by atoms with van der Waals surface area (Å²) in [7, 11) is 1.22. The van der Waals surface area contributed by atoms with Crippen molar-refractivity contribution in [1.29, 1.82) is 0 Å². The van der Waals surface area contributed by atoms with E-state index in [1.807, 2.05) is 27.2 Å². The molecule has 2 N–H and O–H groups in total. The molecule has 0 bridgehead atoms. The molecule has 3 atom stereocenters. The summed E-state index contributed by atoms with van der Waals surface area (Å²) >= 11 is 0. The molecule has 3 unspecified atom stereocenters. The number of unbranched alkanes of at least 4 members (excludes halogenated alkanes) is 17. The molecule has 298 valence electrons. The number of rotatable bonds is 36. The van der Waals surface area contributed by atoms with E-state index in [-0.39, 0.29) is 12.5 Å². The summed E-state index contributed by atoms with van der Waals surface area (Å²) in [6, 6.07) is -0.912. The van der Waals surface area contributed by atoms with E-state index in [4.69, 9.17) is 9.05 Å². The second-order valence-electron chi connectivity index (χ2n) is 15.0. The van der Waals surface area contributed by atoms with Crippen molar-refractivity contribution in [1.82, 2.24) is 5.32 Å². The van der Waals surface area contributed by atoms with Crippen molar-refractivity contribution < 1.29 is 32.9 Å². The van der Waals surface area contributed by atoms with Crippen LogP contribution in [0.1, 0.15) is 162 Å². The number of aliphatic hydroxyl groups excluding tert-OH is 1. The molecule has 0 saturated carbocycles. The Bertz CT molecular complexity index is 975. The van der Waals surface area contributed by atoms with Crippen molar-refractivity contribution in [2.24, 2.45) is 0 Å². The highest BCUT2D eigenvalue weighted by molar-refractivity contribution is 7.45. The summed E-state index contributed by atoms with van der Waals surface area (Å²) < 4.78 is 23.1. The first-order valence-corrected chi connectivity index (χ1v) is 22.0. The average Bonchev–Trinajstić information content (AvgIpc) is 3.07. The average molecular weight is 739 g/mol. The standard InChI is InChI=1S/C42H79N2O6P/c1-6-8-10-12-14-16-18-20-21-22-24-26-28-30-32-34-36-42(46)43-40(39-50-51(47,48)49-38-37-44(3,4)5)41(45)35-33-31-29-27-25-23-19-17-15-13-11-9-7-2/h15,17,21-22,25,27,33,35,40-41,45H,6-14,16,18-20,23-24,26,28-32,34,36-39H2,1-5H3,(H-,43,46,47,48)/b17-15+,22-21-,27-25+,35-33+. The Balaban J connectivity index is 4.56. The molecule has 0 aromatic carbocycles. The van der Waals surface area contributed by atoms with Crippen LogP contribution in [0.2, 0.25) is 0 Å². The van der Waals surface area contributed by atoms with E-state index < -0.39 is 26.6 Å². The van der Waals surface area contributed by atoms with Crippen LogP contribution in [0.15, 0.2) is 48.6 Å². The molecule has 0 saturated heterocycles. The van der Waals surface area contributed by atoms with Crippen molar-refractivity contribution >= 4 is 13.7 Å². The quantitative estimate of drug-likeness (QED) is 0.0287. The fourth-order valence-electron chi connectivity index (χ4n) is 5.41. The van der Waals surface area contributed by atoms with Gasteiger partial charge in [-0.15, -0.1) is 0 Å². The Kier molecular flexibility index (Phi) is 33.2. The monoisotopic (exact) mass is 739 g/mol. The molecule has 0 aliphatic rings. The Morgan fingerprint density at radius 1 is 0.667 bits per heavy atom. The second-order valence-corrected chi connectivity index (χ2v) is 16.4. The van der Waals surface area contributed by atoms with Gasteiger partial charge in [0.15, 0.2) is 0 Å². The van der Waals surface area contributed by atoms with Crippen molar-refractivity contribution in [3.05, 3.63) is 48.6 Å². The fraction of sp³-hybridized carbons (Fsp3) is 0.786. The third-order valence-electron chi connectivity index (χ3n) is 8.74. The summed E-state index contributed by atoms with van der Waals surface area (Å²) in [6.07, 6.45) is 41.5. The molecule has 1 amide bonds. The van der Waals surface area contributed by atoms with Gasteiger partial charge in [0, 0.05) is 6.42 Å². The Hall–Kier alpha value is -1.54. The van der Waals surface area contributed by atoms with Crippen molar-refractivity contribution in [3.8, 4) is 0 Å². The summed E-state index contributed by atoms with van der Waals surface area (Å²) in [5.41, 5.74) is 0. The van der Waals surface area contributed by atoms with E-state index in [1.165, 1.54) is 70.6 Å². The molecule has 0 aromatic rings. The SMILES string of the molecule is CCCCC/C=C/CC/C=C/CC/C=C/C(O)C(COP(=O)([O-])OCC[N+](C)(C)C)NC(=O)CCCCCCC/C=C\CCCCCCCCC. The van der Waals surface area contributed by atoms with Crippen LogP contribution in [-0.2, 0) is 18.4 Å². The van der Waals surface area contributed by atoms with E-state index >= 15 is 0 Å². The molecule has 0 aliphatic heterocycles. The van der Waals surface area contributed by atoms with Gasteiger partial charge in [-0.25, -0.2) is 0 Å². The van der Waals surface area contributed by atoms with Crippen molar-refractivity contribution in [3.63, 3.8) is 0 Å². The maximum Gasteiger partial charge on any atom is 0.268 e. The summed E-state index contributed by atoms with van der Waals surface area (Å²) in [6.45, 7) is 4.55. The van der Waals surface area contributed by atoms with Crippen molar-refractivity contribution in [2.75, 3.05) is 40.9 Å². The molecule has 0 heterocycles. The number of amides is 1. The van der Waals surface area contributed by atoms with Gasteiger partial charge in [0.1, 0.15) is 13.2 Å². The molecule has 0 aromatic heterocycles. The normalized spacial score (nSPS) is 15.0. The highest BCUT2D eigenvalue weighted by Crippen LogP contribution is 2.38. The minimum absolute atomic E-state index is 0.0118. The third-order valence-corrected chi connectivity index (χ3v) is 9.70. The number of nitrogens with zero attached hydrogens (tertiary/aromatic N) is 1. The van der Waals surface area contributed by atoms with Gasteiger partial charge >= 0.3 is 0 Å². The van der Waals surface area contributed by atoms with Crippen molar-refractivity contribution in [2.45, 2.75) is 174 Å². The van der Waals surface area contributed by atoms with Crippen LogP contribution in [0.5, 0.6) is 0 Å². The number of quaternary nitrogens is 1. The Morgan fingerprint density at radius 2 is 1.10 bits per heavy atom. The molecular formula is C42H79N2O6P. The maximum absolute atomic E-state index is 12.8. The molecule has 51 heavy (non-hydrogen) atoms. The first-order chi connectivity index (χ1) is 24.5. The van der Waals surface area contributed by atoms with Crippen LogP contribution in [0.25, 0.3) is 0 Å². The van der Waals surface area contributed by atoms with Crippen LogP contribution in [0.3, 0.4) is 0 Å². The number of phosphoric acid groups is 1. The van der Waals surface area contributed by atoms with E-state index in [0.717, 1.165) is 70.6 Å². The van der Waals surface area contributed by atoms with Gasteiger partial charge in [-0.2, -0.15) is 0 Å².